The van der Waals surface area contributed by atoms with Crippen molar-refractivity contribution in [2.45, 2.75) is 13.3 Å². The number of aromatic nitrogens is 2. The Labute approximate surface area is 108 Å². The van der Waals surface area contributed by atoms with Crippen molar-refractivity contribution in [3.8, 4) is 11.3 Å². The van der Waals surface area contributed by atoms with E-state index in [4.69, 9.17) is 11.6 Å². The zero-order valence-electron chi connectivity index (χ0n) is 8.74. The highest BCUT2D eigenvalue weighted by Crippen LogP contribution is 2.22. The van der Waals surface area contributed by atoms with Crippen molar-refractivity contribution >= 4 is 27.5 Å². The zero-order valence-corrected chi connectivity index (χ0v) is 11.1. The first kappa shape index (κ1) is 11.6. The first-order chi connectivity index (χ1) is 7.69. The van der Waals surface area contributed by atoms with Crippen LogP contribution in [-0.4, -0.2) is 9.97 Å². The van der Waals surface area contributed by atoms with E-state index in [-0.39, 0.29) is 0 Å². The summed E-state index contributed by atoms with van der Waals surface area (Å²) in [6.07, 6.45) is 0.819. The van der Waals surface area contributed by atoms with Crippen molar-refractivity contribution in [2.24, 2.45) is 0 Å². The van der Waals surface area contributed by atoms with E-state index >= 15 is 0 Å². The fourth-order valence-corrected chi connectivity index (χ4v) is 1.94. The van der Waals surface area contributed by atoms with E-state index in [1.807, 2.05) is 37.3 Å². The van der Waals surface area contributed by atoms with Gasteiger partial charge in [-0.2, -0.15) is 0 Å². The predicted octanol–water partition coefficient (Wildman–Crippen LogP) is 4.12. The van der Waals surface area contributed by atoms with Crippen molar-refractivity contribution < 1.29 is 0 Å². The van der Waals surface area contributed by atoms with Crippen LogP contribution in [0.1, 0.15) is 12.7 Å². The maximum atomic E-state index is 5.85. The molecule has 0 N–H and O–H groups in total. The van der Waals surface area contributed by atoms with Crippen molar-refractivity contribution in [2.75, 3.05) is 0 Å². The van der Waals surface area contributed by atoms with Gasteiger partial charge in [-0.25, -0.2) is 9.97 Å². The van der Waals surface area contributed by atoms with E-state index in [9.17, 15) is 0 Å². The first-order valence-corrected chi connectivity index (χ1v) is 6.15. The monoisotopic (exact) mass is 296 g/mol. The number of rotatable bonds is 2. The van der Waals surface area contributed by atoms with Gasteiger partial charge in [-0.15, -0.1) is 0 Å². The van der Waals surface area contributed by atoms with Gasteiger partial charge in [-0.1, -0.05) is 30.7 Å². The average Bonchev–Trinajstić information content (AvgIpc) is 2.29. The fraction of sp³-hybridized carbons (Fsp3) is 0.167. The molecule has 1 heterocycles. The normalized spacial score (nSPS) is 10.4. The van der Waals surface area contributed by atoms with Gasteiger partial charge in [-0.05, 0) is 34.1 Å². The third kappa shape index (κ3) is 2.60. The van der Waals surface area contributed by atoms with Gasteiger partial charge in [0.15, 0.2) is 0 Å². The number of hydrogen-bond acceptors (Lipinski definition) is 2. The van der Waals surface area contributed by atoms with Crippen molar-refractivity contribution in [3.05, 3.63) is 45.8 Å². The Morgan fingerprint density at radius 1 is 1.19 bits per heavy atom. The van der Waals surface area contributed by atoms with Gasteiger partial charge < -0.3 is 0 Å². The number of halogens is 2. The zero-order chi connectivity index (χ0) is 11.5. The third-order valence-electron chi connectivity index (χ3n) is 2.20. The minimum absolute atomic E-state index is 0.729. The second kappa shape index (κ2) is 4.93. The molecule has 0 saturated heterocycles. The molecule has 0 aliphatic carbocycles. The second-order valence-corrected chi connectivity index (χ2v) is 4.60. The molecule has 0 unspecified atom stereocenters. The van der Waals surface area contributed by atoms with Crippen LogP contribution in [0.4, 0.5) is 0 Å². The molecule has 1 aromatic heterocycles. The minimum Gasteiger partial charge on any atom is -0.233 e. The van der Waals surface area contributed by atoms with Crippen LogP contribution >= 0.6 is 27.5 Å². The summed E-state index contributed by atoms with van der Waals surface area (Å²) in [7, 11) is 0. The van der Waals surface area contributed by atoms with E-state index in [0.29, 0.717) is 0 Å². The lowest BCUT2D eigenvalue weighted by molar-refractivity contribution is 0.931. The van der Waals surface area contributed by atoms with Crippen LogP contribution in [0.25, 0.3) is 11.3 Å². The van der Waals surface area contributed by atoms with Crippen LogP contribution in [0.3, 0.4) is 0 Å². The molecule has 0 aliphatic rings. The highest BCUT2D eigenvalue weighted by molar-refractivity contribution is 9.10. The number of benzene rings is 1. The molecule has 0 aliphatic heterocycles. The van der Waals surface area contributed by atoms with Crippen LogP contribution in [0.5, 0.6) is 0 Å². The number of aryl methyl sites for hydroxylation is 1. The molecule has 0 fully saturated rings. The molecular weight excluding hydrogens is 288 g/mol. The van der Waals surface area contributed by atoms with E-state index in [0.717, 1.165) is 33.1 Å². The van der Waals surface area contributed by atoms with Gasteiger partial charge in [-0.3, -0.25) is 0 Å². The lowest BCUT2D eigenvalue weighted by Gasteiger charge is -2.04. The van der Waals surface area contributed by atoms with Gasteiger partial charge in [0.2, 0.25) is 0 Å². The summed E-state index contributed by atoms with van der Waals surface area (Å²) < 4.78 is 0.810. The van der Waals surface area contributed by atoms with E-state index in [1.54, 1.807) is 0 Å². The summed E-state index contributed by atoms with van der Waals surface area (Å²) in [5, 5.41) is 0.729. The number of hydrogen-bond donors (Lipinski definition) is 0. The molecule has 2 aromatic rings. The SMILES string of the molecule is CCc1nc(Br)cc(-c2ccc(Cl)cc2)n1. The maximum absolute atomic E-state index is 5.85. The van der Waals surface area contributed by atoms with Crippen molar-refractivity contribution in [1.29, 1.82) is 0 Å². The molecule has 4 heteroatoms. The maximum Gasteiger partial charge on any atom is 0.130 e. The summed E-state index contributed by atoms with van der Waals surface area (Å²) in [4.78, 5) is 8.74. The molecule has 0 spiro atoms. The highest BCUT2D eigenvalue weighted by atomic mass is 79.9. The molecule has 1 aromatic carbocycles. The summed E-state index contributed by atoms with van der Waals surface area (Å²) in [5.41, 5.74) is 1.96. The van der Waals surface area contributed by atoms with E-state index < -0.39 is 0 Å². The molecular formula is C12H10BrClN2. The molecule has 16 heavy (non-hydrogen) atoms. The van der Waals surface area contributed by atoms with Gasteiger partial charge in [0.05, 0.1) is 5.69 Å². The molecule has 2 rings (SSSR count). The largest absolute Gasteiger partial charge is 0.233 e. The van der Waals surface area contributed by atoms with Gasteiger partial charge in [0.25, 0.3) is 0 Å². The second-order valence-electron chi connectivity index (χ2n) is 3.35. The lowest BCUT2D eigenvalue weighted by Crippen LogP contribution is -1.95. The van der Waals surface area contributed by atoms with E-state index in [2.05, 4.69) is 25.9 Å². The fourth-order valence-electron chi connectivity index (χ4n) is 1.39. The molecule has 0 atom stereocenters. The van der Waals surface area contributed by atoms with E-state index in [1.165, 1.54) is 0 Å². The van der Waals surface area contributed by atoms with Crippen LogP contribution in [0.2, 0.25) is 5.02 Å². The molecule has 2 nitrogen and oxygen atoms in total. The summed E-state index contributed by atoms with van der Waals surface area (Å²) in [5.74, 6) is 0.833. The Bertz CT molecular complexity index is 497. The summed E-state index contributed by atoms with van der Waals surface area (Å²) in [6.45, 7) is 2.04. The molecule has 0 bridgehead atoms. The summed E-state index contributed by atoms with van der Waals surface area (Å²) >= 11 is 9.24. The van der Waals surface area contributed by atoms with Crippen molar-refractivity contribution in [1.82, 2.24) is 9.97 Å². The summed E-state index contributed by atoms with van der Waals surface area (Å²) in [6, 6.07) is 9.53. The van der Waals surface area contributed by atoms with Crippen LogP contribution in [0.15, 0.2) is 34.9 Å². The Kier molecular flexibility index (Phi) is 3.56. The van der Waals surface area contributed by atoms with Gasteiger partial charge >= 0.3 is 0 Å². The van der Waals surface area contributed by atoms with Gasteiger partial charge in [0.1, 0.15) is 10.4 Å². The first-order valence-electron chi connectivity index (χ1n) is 4.98. The van der Waals surface area contributed by atoms with Crippen LogP contribution in [-0.2, 0) is 6.42 Å². The van der Waals surface area contributed by atoms with Gasteiger partial charge in [0, 0.05) is 17.0 Å². The minimum atomic E-state index is 0.729. The van der Waals surface area contributed by atoms with Crippen molar-refractivity contribution in [3.63, 3.8) is 0 Å². The molecule has 0 amide bonds. The Hall–Kier alpha value is -0.930. The Balaban J connectivity index is 2.47. The smallest absolute Gasteiger partial charge is 0.130 e. The standard InChI is InChI=1S/C12H10BrClN2/c1-2-12-15-10(7-11(13)16-12)8-3-5-9(14)6-4-8/h3-7H,2H2,1H3. The molecule has 0 saturated carbocycles. The molecule has 0 radical (unpaired) electrons. The van der Waals surface area contributed by atoms with Crippen LogP contribution < -0.4 is 0 Å². The Morgan fingerprint density at radius 3 is 2.50 bits per heavy atom. The third-order valence-corrected chi connectivity index (χ3v) is 2.86. The highest BCUT2D eigenvalue weighted by Gasteiger charge is 2.04. The molecule has 82 valence electrons. The average molecular weight is 298 g/mol. The predicted molar refractivity (Wildman–Crippen MR) is 69.6 cm³/mol. The Morgan fingerprint density at radius 2 is 1.88 bits per heavy atom. The quantitative estimate of drug-likeness (QED) is 0.779. The lowest BCUT2D eigenvalue weighted by atomic mass is 10.1. The topological polar surface area (TPSA) is 25.8 Å². The van der Waals surface area contributed by atoms with Crippen LogP contribution in [0, 0.1) is 0 Å². The number of nitrogens with zero attached hydrogens (tertiary/aromatic N) is 2.